The van der Waals surface area contributed by atoms with Crippen molar-refractivity contribution in [3.8, 4) is 0 Å². The summed E-state index contributed by atoms with van der Waals surface area (Å²) in [4.78, 5) is 36.4. The SMILES string of the molecule is Cc1ccc2c(COC(=O)c3ccc(NC(=O)c4ccco4)cc3)cc(=O)oc2c1C. The lowest BCUT2D eigenvalue weighted by Crippen LogP contribution is -2.11. The molecule has 4 rings (SSSR count). The molecule has 1 N–H and O–H groups in total. The van der Waals surface area contributed by atoms with Crippen LogP contribution < -0.4 is 10.9 Å². The van der Waals surface area contributed by atoms with Crippen LogP contribution in [0, 0.1) is 13.8 Å². The van der Waals surface area contributed by atoms with Crippen LogP contribution in [0.4, 0.5) is 5.69 Å². The van der Waals surface area contributed by atoms with Crippen LogP contribution in [0.1, 0.15) is 37.6 Å². The Morgan fingerprint density at radius 3 is 2.52 bits per heavy atom. The zero-order valence-corrected chi connectivity index (χ0v) is 16.9. The summed E-state index contributed by atoms with van der Waals surface area (Å²) < 4.78 is 15.8. The molecule has 0 aliphatic carbocycles. The molecule has 2 heterocycles. The number of rotatable bonds is 5. The minimum atomic E-state index is -0.547. The van der Waals surface area contributed by atoms with E-state index in [1.54, 1.807) is 36.4 Å². The van der Waals surface area contributed by atoms with E-state index in [2.05, 4.69) is 5.32 Å². The first-order valence-corrected chi connectivity index (χ1v) is 9.57. The van der Waals surface area contributed by atoms with Gasteiger partial charge in [-0.3, -0.25) is 4.79 Å². The lowest BCUT2D eigenvalue weighted by atomic mass is 10.0. The summed E-state index contributed by atoms with van der Waals surface area (Å²) in [6.07, 6.45) is 1.41. The van der Waals surface area contributed by atoms with Crippen LogP contribution in [0.25, 0.3) is 11.0 Å². The number of nitrogens with one attached hydrogen (secondary N) is 1. The highest BCUT2D eigenvalue weighted by Crippen LogP contribution is 2.24. The summed E-state index contributed by atoms with van der Waals surface area (Å²) in [6.45, 7) is 3.74. The van der Waals surface area contributed by atoms with E-state index in [0.29, 0.717) is 22.4 Å². The van der Waals surface area contributed by atoms with Gasteiger partial charge in [-0.2, -0.15) is 0 Å². The second kappa shape index (κ2) is 8.31. The summed E-state index contributed by atoms with van der Waals surface area (Å²) >= 11 is 0. The van der Waals surface area contributed by atoms with Gasteiger partial charge in [-0.1, -0.05) is 12.1 Å². The number of esters is 1. The molecule has 0 aliphatic rings. The van der Waals surface area contributed by atoms with Crippen molar-refractivity contribution in [1.82, 2.24) is 0 Å². The van der Waals surface area contributed by atoms with Crippen LogP contribution >= 0.6 is 0 Å². The number of amides is 1. The van der Waals surface area contributed by atoms with E-state index in [0.717, 1.165) is 16.5 Å². The molecule has 31 heavy (non-hydrogen) atoms. The largest absolute Gasteiger partial charge is 0.459 e. The topological polar surface area (TPSA) is 98.7 Å². The van der Waals surface area contributed by atoms with Crippen LogP contribution in [0.2, 0.25) is 0 Å². The van der Waals surface area contributed by atoms with Gasteiger partial charge in [0, 0.05) is 22.7 Å². The van der Waals surface area contributed by atoms with Gasteiger partial charge in [-0.25, -0.2) is 9.59 Å². The van der Waals surface area contributed by atoms with Gasteiger partial charge < -0.3 is 18.9 Å². The van der Waals surface area contributed by atoms with E-state index in [4.69, 9.17) is 13.6 Å². The van der Waals surface area contributed by atoms with Crippen molar-refractivity contribution in [2.45, 2.75) is 20.5 Å². The minimum absolute atomic E-state index is 0.0690. The number of benzene rings is 2. The molecule has 0 saturated carbocycles. The number of hydrogen-bond acceptors (Lipinski definition) is 6. The molecule has 0 spiro atoms. The maximum atomic E-state index is 12.5. The summed E-state index contributed by atoms with van der Waals surface area (Å²) in [5, 5.41) is 3.40. The molecule has 156 valence electrons. The average molecular weight is 417 g/mol. The third-order valence-electron chi connectivity index (χ3n) is 5.00. The number of ether oxygens (including phenoxy) is 1. The van der Waals surface area contributed by atoms with Crippen molar-refractivity contribution < 1.29 is 23.2 Å². The number of anilines is 1. The first-order valence-electron chi connectivity index (χ1n) is 9.57. The standard InChI is InChI=1S/C24H19NO6/c1-14-5-10-19-17(12-21(26)31-22(19)15(14)2)13-30-24(28)16-6-8-18(9-7-16)25-23(27)20-4-3-11-29-20/h3-12H,13H2,1-2H3,(H,25,27). The van der Waals surface area contributed by atoms with Gasteiger partial charge in [0.05, 0.1) is 11.8 Å². The Hall–Kier alpha value is -4.13. The summed E-state index contributed by atoms with van der Waals surface area (Å²) in [6, 6.07) is 14.6. The highest BCUT2D eigenvalue weighted by molar-refractivity contribution is 6.02. The number of furan rings is 1. The number of fused-ring (bicyclic) bond motifs is 1. The van der Waals surface area contributed by atoms with Crippen molar-refractivity contribution in [1.29, 1.82) is 0 Å². The van der Waals surface area contributed by atoms with E-state index in [1.807, 2.05) is 26.0 Å². The predicted octanol–water partition coefficient (Wildman–Crippen LogP) is 4.61. The minimum Gasteiger partial charge on any atom is -0.459 e. The molecule has 2 aromatic carbocycles. The number of carbonyl (C=O) groups is 2. The molecule has 0 saturated heterocycles. The number of carbonyl (C=O) groups excluding carboxylic acids is 2. The lowest BCUT2D eigenvalue weighted by Gasteiger charge is -2.10. The highest BCUT2D eigenvalue weighted by Gasteiger charge is 2.14. The third kappa shape index (κ3) is 4.25. The van der Waals surface area contributed by atoms with Crippen molar-refractivity contribution >= 4 is 28.5 Å². The van der Waals surface area contributed by atoms with E-state index >= 15 is 0 Å². The third-order valence-corrected chi connectivity index (χ3v) is 5.00. The van der Waals surface area contributed by atoms with Crippen LogP contribution in [-0.2, 0) is 11.3 Å². The summed E-state index contributed by atoms with van der Waals surface area (Å²) in [5.74, 6) is -0.747. The van der Waals surface area contributed by atoms with Crippen molar-refractivity contribution in [3.05, 3.63) is 99.3 Å². The second-order valence-electron chi connectivity index (χ2n) is 7.06. The first-order chi connectivity index (χ1) is 14.9. The van der Waals surface area contributed by atoms with Gasteiger partial charge in [0.25, 0.3) is 5.91 Å². The van der Waals surface area contributed by atoms with Gasteiger partial charge in [0.1, 0.15) is 12.2 Å². The number of aryl methyl sites for hydroxylation is 2. The maximum absolute atomic E-state index is 12.5. The van der Waals surface area contributed by atoms with Crippen molar-refractivity contribution in [3.63, 3.8) is 0 Å². The Kier molecular flexibility index (Phi) is 5.41. The molecule has 0 unspecified atom stereocenters. The lowest BCUT2D eigenvalue weighted by molar-refractivity contribution is 0.0474. The molecule has 1 amide bonds. The molecule has 4 aromatic rings. The van der Waals surface area contributed by atoms with Gasteiger partial charge >= 0.3 is 11.6 Å². The van der Waals surface area contributed by atoms with Crippen LogP contribution in [-0.4, -0.2) is 11.9 Å². The molecule has 0 atom stereocenters. The molecule has 0 fully saturated rings. The van der Waals surface area contributed by atoms with Gasteiger partial charge in [0.15, 0.2) is 5.76 Å². The Labute approximate surface area is 177 Å². The van der Waals surface area contributed by atoms with Gasteiger partial charge in [0.2, 0.25) is 0 Å². The van der Waals surface area contributed by atoms with Crippen molar-refractivity contribution in [2.24, 2.45) is 0 Å². The van der Waals surface area contributed by atoms with E-state index < -0.39 is 11.6 Å². The van der Waals surface area contributed by atoms with Crippen LogP contribution in [0.5, 0.6) is 0 Å². The highest BCUT2D eigenvalue weighted by atomic mass is 16.5. The molecular weight excluding hydrogens is 398 g/mol. The Morgan fingerprint density at radius 2 is 1.81 bits per heavy atom. The van der Waals surface area contributed by atoms with Crippen molar-refractivity contribution in [2.75, 3.05) is 5.32 Å². The van der Waals surface area contributed by atoms with Gasteiger partial charge in [-0.15, -0.1) is 0 Å². The molecule has 0 aliphatic heterocycles. The van der Waals surface area contributed by atoms with Crippen LogP contribution in [0.15, 0.2) is 74.5 Å². The maximum Gasteiger partial charge on any atom is 0.338 e. The molecule has 7 heteroatoms. The summed E-state index contributed by atoms with van der Waals surface area (Å²) in [7, 11) is 0. The zero-order valence-electron chi connectivity index (χ0n) is 16.9. The normalized spacial score (nSPS) is 10.8. The Morgan fingerprint density at radius 1 is 1.03 bits per heavy atom. The van der Waals surface area contributed by atoms with Crippen LogP contribution in [0.3, 0.4) is 0 Å². The number of hydrogen-bond donors (Lipinski definition) is 1. The Balaban J connectivity index is 1.46. The first kappa shape index (κ1) is 20.2. The van der Waals surface area contributed by atoms with Gasteiger partial charge in [-0.05, 0) is 61.4 Å². The fraction of sp³-hybridized carbons (Fsp3) is 0.125. The molecule has 7 nitrogen and oxygen atoms in total. The zero-order chi connectivity index (χ0) is 22.0. The average Bonchev–Trinajstić information content (AvgIpc) is 3.30. The smallest absolute Gasteiger partial charge is 0.338 e. The molecular formula is C24H19NO6. The van der Waals surface area contributed by atoms with E-state index in [9.17, 15) is 14.4 Å². The monoisotopic (exact) mass is 417 g/mol. The fourth-order valence-corrected chi connectivity index (χ4v) is 3.16. The van der Waals surface area contributed by atoms with E-state index in [1.165, 1.54) is 12.3 Å². The quantitative estimate of drug-likeness (QED) is 0.376. The molecule has 0 bridgehead atoms. The molecule has 0 radical (unpaired) electrons. The molecule has 2 aromatic heterocycles. The Bertz CT molecular complexity index is 1320. The second-order valence-corrected chi connectivity index (χ2v) is 7.06. The predicted molar refractivity (Wildman–Crippen MR) is 114 cm³/mol. The fourth-order valence-electron chi connectivity index (χ4n) is 3.16. The van der Waals surface area contributed by atoms with E-state index in [-0.39, 0.29) is 18.3 Å². The summed E-state index contributed by atoms with van der Waals surface area (Å²) in [5.41, 5.74) is 3.27.